The van der Waals surface area contributed by atoms with Crippen molar-refractivity contribution in [2.24, 2.45) is 0 Å². The van der Waals surface area contributed by atoms with E-state index >= 15 is 0 Å². The predicted molar refractivity (Wildman–Crippen MR) is 78.6 cm³/mol. The van der Waals surface area contributed by atoms with Crippen LogP contribution < -0.4 is 0 Å². The second-order valence-electron chi connectivity index (χ2n) is 3.78. The Morgan fingerprint density at radius 1 is 1.31 bits per heavy atom. The third kappa shape index (κ3) is 2.96. The van der Waals surface area contributed by atoms with Crippen molar-refractivity contribution in [3.63, 3.8) is 0 Å². The van der Waals surface area contributed by atoms with Crippen LogP contribution in [0.5, 0.6) is 0 Å². The van der Waals surface area contributed by atoms with Crippen LogP contribution in [0.25, 0.3) is 0 Å². The van der Waals surface area contributed by atoms with Gasteiger partial charge in [0.05, 0.1) is 0 Å². The Morgan fingerprint density at radius 2 is 2.12 bits per heavy atom. The van der Waals surface area contributed by atoms with Crippen LogP contribution in [0.2, 0.25) is 0 Å². The van der Waals surface area contributed by atoms with Gasteiger partial charge < -0.3 is 0 Å². The molecule has 0 radical (unpaired) electrons. The molecule has 0 N–H and O–H groups in total. The normalized spacial score (nSPS) is 12.7. The Hall–Kier alpha value is -0.120. The van der Waals surface area contributed by atoms with E-state index in [1.807, 2.05) is 11.3 Å². The number of hydrogen-bond acceptors (Lipinski definition) is 1. The minimum Gasteiger partial charge on any atom is -0.149 e. The van der Waals surface area contributed by atoms with Crippen LogP contribution in [0, 0.1) is 6.92 Å². The van der Waals surface area contributed by atoms with Gasteiger partial charge >= 0.3 is 0 Å². The van der Waals surface area contributed by atoms with Gasteiger partial charge in [-0.05, 0) is 42.0 Å². The quantitative estimate of drug-likeness (QED) is 0.635. The van der Waals surface area contributed by atoms with Crippen molar-refractivity contribution in [2.45, 2.75) is 18.2 Å². The first-order chi connectivity index (χ1) is 7.66. The molecule has 0 bridgehead atoms. The zero-order valence-electron chi connectivity index (χ0n) is 8.91. The molecular weight excluding hydrogens is 348 g/mol. The topological polar surface area (TPSA) is 0 Å². The molecule has 0 amide bonds. The molecule has 0 aliphatic rings. The Balaban J connectivity index is 2.17. The van der Waals surface area contributed by atoms with Crippen molar-refractivity contribution < 1.29 is 0 Å². The maximum Gasteiger partial charge on any atom is 0.0454 e. The van der Waals surface area contributed by atoms with Gasteiger partial charge in [-0.2, -0.15) is 0 Å². The number of aryl methyl sites for hydroxylation is 1. The summed E-state index contributed by atoms with van der Waals surface area (Å²) in [7, 11) is 0. The van der Waals surface area contributed by atoms with E-state index < -0.39 is 0 Å². The molecule has 0 aliphatic carbocycles. The van der Waals surface area contributed by atoms with Crippen LogP contribution in [0.1, 0.15) is 20.8 Å². The van der Waals surface area contributed by atoms with Crippen LogP contribution in [-0.2, 0) is 6.42 Å². The van der Waals surface area contributed by atoms with Gasteiger partial charge in [0.15, 0.2) is 0 Å². The molecule has 1 unspecified atom stereocenters. The van der Waals surface area contributed by atoms with Crippen LogP contribution >= 0.6 is 43.2 Å². The first-order valence-electron chi connectivity index (χ1n) is 5.09. The fourth-order valence-corrected chi connectivity index (χ4v) is 4.39. The number of halogens is 2. The van der Waals surface area contributed by atoms with E-state index in [1.165, 1.54) is 20.5 Å². The molecule has 1 aromatic heterocycles. The third-order valence-electron chi connectivity index (χ3n) is 2.45. The highest BCUT2D eigenvalue weighted by Crippen LogP contribution is 2.33. The molecule has 1 heterocycles. The van der Waals surface area contributed by atoms with E-state index in [4.69, 9.17) is 0 Å². The molecule has 0 saturated carbocycles. The molecule has 2 rings (SSSR count). The highest BCUT2D eigenvalue weighted by Gasteiger charge is 2.12. The summed E-state index contributed by atoms with van der Waals surface area (Å²) in [6.45, 7) is 2.11. The summed E-state index contributed by atoms with van der Waals surface area (Å²) >= 11 is 9.19. The highest BCUT2D eigenvalue weighted by atomic mass is 79.9. The maximum absolute atomic E-state index is 3.76. The van der Waals surface area contributed by atoms with Gasteiger partial charge in [0.2, 0.25) is 0 Å². The fraction of sp³-hybridized carbons (Fsp3) is 0.231. The van der Waals surface area contributed by atoms with Crippen molar-refractivity contribution in [3.8, 4) is 0 Å². The van der Waals surface area contributed by atoms with E-state index in [2.05, 4.69) is 74.5 Å². The molecule has 0 spiro atoms. The molecule has 0 saturated heterocycles. The molecule has 84 valence electrons. The second-order valence-corrected chi connectivity index (χ2v) is 6.77. The summed E-state index contributed by atoms with van der Waals surface area (Å²) in [5, 5.41) is 2.12. The van der Waals surface area contributed by atoms with E-state index in [-0.39, 0.29) is 0 Å². The zero-order chi connectivity index (χ0) is 11.5. The lowest BCUT2D eigenvalue weighted by Gasteiger charge is -2.11. The Bertz CT molecular complexity index is 463. The van der Waals surface area contributed by atoms with Gasteiger partial charge in [0, 0.05) is 14.2 Å². The average molecular weight is 360 g/mol. The lowest BCUT2D eigenvalue weighted by molar-refractivity contribution is 0.961. The van der Waals surface area contributed by atoms with Crippen molar-refractivity contribution in [1.82, 2.24) is 0 Å². The zero-order valence-corrected chi connectivity index (χ0v) is 12.9. The lowest BCUT2D eigenvalue weighted by Crippen LogP contribution is -1.95. The van der Waals surface area contributed by atoms with Gasteiger partial charge in [-0.1, -0.05) is 50.1 Å². The largest absolute Gasteiger partial charge is 0.149 e. The van der Waals surface area contributed by atoms with Gasteiger partial charge in [-0.25, -0.2) is 0 Å². The number of thiophene rings is 1. The summed E-state index contributed by atoms with van der Waals surface area (Å²) in [5.74, 6) is 0. The van der Waals surface area contributed by atoms with E-state index in [1.54, 1.807) is 0 Å². The molecule has 3 heteroatoms. The molecule has 1 aromatic carbocycles. The Kier molecular flexibility index (Phi) is 4.22. The van der Waals surface area contributed by atoms with Gasteiger partial charge in [-0.3, -0.25) is 0 Å². The molecule has 0 aliphatic heterocycles. The summed E-state index contributed by atoms with van der Waals surface area (Å²) in [6, 6.07) is 10.8. The number of alkyl halides is 1. The molecule has 0 nitrogen and oxygen atoms in total. The molecular formula is C13H12Br2S. The highest BCUT2D eigenvalue weighted by molar-refractivity contribution is 9.11. The van der Waals surface area contributed by atoms with Gasteiger partial charge in [0.1, 0.15) is 0 Å². The Labute approximate surface area is 117 Å². The van der Waals surface area contributed by atoms with Crippen molar-refractivity contribution in [1.29, 1.82) is 0 Å². The van der Waals surface area contributed by atoms with Crippen molar-refractivity contribution in [3.05, 3.63) is 56.2 Å². The molecule has 1 atom stereocenters. The second kappa shape index (κ2) is 5.48. The Morgan fingerprint density at radius 3 is 2.75 bits per heavy atom. The van der Waals surface area contributed by atoms with Gasteiger partial charge in [-0.15, -0.1) is 11.3 Å². The number of hydrogen-bond donors (Lipinski definition) is 0. The lowest BCUT2D eigenvalue weighted by atomic mass is 10.1. The van der Waals surface area contributed by atoms with Crippen molar-refractivity contribution >= 4 is 43.2 Å². The summed E-state index contributed by atoms with van der Waals surface area (Å²) in [6.07, 6.45) is 1.04. The molecule has 16 heavy (non-hydrogen) atoms. The van der Waals surface area contributed by atoms with Crippen LogP contribution in [0.15, 0.2) is 40.2 Å². The minimum atomic E-state index is 0.376. The van der Waals surface area contributed by atoms with Crippen LogP contribution in [0.3, 0.4) is 0 Å². The molecule has 2 aromatic rings. The summed E-state index contributed by atoms with van der Waals surface area (Å²) < 4.78 is 1.19. The van der Waals surface area contributed by atoms with Crippen LogP contribution in [0.4, 0.5) is 0 Å². The monoisotopic (exact) mass is 358 g/mol. The van der Waals surface area contributed by atoms with E-state index in [9.17, 15) is 0 Å². The smallest absolute Gasteiger partial charge is 0.0454 e. The fourth-order valence-electron chi connectivity index (χ4n) is 1.60. The first-order valence-corrected chi connectivity index (χ1v) is 7.68. The summed E-state index contributed by atoms with van der Waals surface area (Å²) in [5.41, 5.74) is 2.60. The maximum atomic E-state index is 3.76. The standard InChI is InChI=1S/C13H12Br2S/c1-9-4-5-11(12(14)7-9)13(15)8-10-3-2-6-16-10/h2-7,13H,8H2,1H3. The predicted octanol–water partition coefficient (Wildman–Crippen LogP) is 5.50. The van der Waals surface area contributed by atoms with E-state index in [0.29, 0.717) is 4.83 Å². The molecule has 0 fully saturated rings. The summed E-state index contributed by atoms with van der Waals surface area (Å²) in [4.78, 5) is 1.79. The SMILES string of the molecule is Cc1ccc(C(Br)Cc2cccs2)c(Br)c1. The van der Waals surface area contributed by atoms with Gasteiger partial charge in [0.25, 0.3) is 0 Å². The van der Waals surface area contributed by atoms with Crippen LogP contribution in [-0.4, -0.2) is 0 Å². The van der Waals surface area contributed by atoms with E-state index in [0.717, 1.165) is 6.42 Å². The van der Waals surface area contributed by atoms with Crippen molar-refractivity contribution in [2.75, 3.05) is 0 Å². The number of benzene rings is 1. The third-order valence-corrected chi connectivity index (χ3v) is 4.86. The number of rotatable bonds is 3. The first kappa shape index (κ1) is 12.3. The average Bonchev–Trinajstić information content (AvgIpc) is 2.70. The minimum absolute atomic E-state index is 0.376.